The topological polar surface area (TPSA) is 79.3 Å². The van der Waals surface area contributed by atoms with Gasteiger partial charge in [-0.3, -0.25) is 4.79 Å². The number of amides is 1. The highest BCUT2D eigenvalue weighted by atomic mass is 32.1. The van der Waals surface area contributed by atoms with E-state index in [1.165, 1.54) is 5.32 Å². The molecule has 0 fully saturated rings. The fourth-order valence-electron chi connectivity index (χ4n) is 0.673. The van der Waals surface area contributed by atoms with E-state index < -0.39 is 29.4 Å². The number of hydrogen-bond donors (Lipinski definition) is 2. The first-order valence-corrected chi connectivity index (χ1v) is 4.22. The molecule has 2 N–H and O–H groups in total. The Morgan fingerprint density at radius 2 is 2.07 bits per heavy atom. The summed E-state index contributed by atoms with van der Waals surface area (Å²) in [4.78, 5) is 20.9. The zero-order chi connectivity index (χ0) is 11.6. The summed E-state index contributed by atoms with van der Waals surface area (Å²) in [5.41, 5.74) is -1.08. The summed E-state index contributed by atoms with van der Waals surface area (Å²) < 4.78 is 38.7. The second-order valence-corrected chi connectivity index (χ2v) is 2.96. The molecule has 0 aromatic carbocycles. The fourth-order valence-corrected chi connectivity index (χ4v) is 1.28. The third kappa shape index (κ3) is 2.65. The van der Waals surface area contributed by atoms with Crippen molar-refractivity contribution in [2.75, 3.05) is 5.32 Å². The van der Waals surface area contributed by atoms with E-state index in [-0.39, 0.29) is 0 Å². The van der Waals surface area contributed by atoms with E-state index in [4.69, 9.17) is 5.11 Å². The molecule has 1 amide bonds. The average Bonchev–Trinajstić information content (AvgIpc) is 2.50. The van der Waals surface area contributed by atoms with Gasteiger partial charge in [-0.2, -0.15) is 17.5 Å². The molecular formula is C6H3F3N2O3S. The minimum absolute atomic E-state index is 0.463. The first-order chi connectivity index (χ1) is 6.82. The monoisotopic (exact) mass is 240 g/mol. The Bertz CT molecular complexity index is 401. The van der Waals surface area contributed by atoms with Gasteiger partial charge >= 0.3 is 18.1 Å². The number of carboxylic acid groups (broad SMARTS) is 1. The lowest BCUT2D eigenvalue weighted by Crippen LogP contribution is -2.30. The van der Waals surface area contributed by atoms with Crippen LogP contribution >= 0.6 is 11.5 Å². The molecule has 0 radical (unpaired) electrons. The minimum Gasteiger partial charge on any atom is -0.476 e. The van der Waals surface area contributed by atoms with Crippen LogP contribution in [-0.2, 0) is 4.79 Å². The smallest absolute Gasteiger partial charge is 0.471 e. The number of alkyl halides is 3. The number of carboxylic acids is 1. The lowest BCUT2D eigenvalue weighted by atomic mass is 10.3. The van der Waals surface area contributed by atoms with Crippen LogP contribution in [0.1, 0.15) is 10.5 Å². The zero-order valence-electron chi connectivity index (χ0n) is 6.83. The van der Waals surface area contributed by atoms with Gasteiger partial charge in [0.1, 0.15) is 0 Å². The highest BCUT2D eigenvalue weighted by Crippen LogP contribution is 2.21. The molecule has 15 heavy (non-hydrogen) atoms. The first kappa shape index (κ1) is 11.4. The van der Waals surface area contributed by atoms with Crippen molar-refractivity contribution in [2.24, 2.45) is 0 Å². The van der Waals surface area contributed by atoms with Crippen molar-refractivity contribution >= 4 is 29.1 Å². The van der Waals surface area contributed by atoms with Crippen LogP contribution in [0.4, 0.5) is 18.9 Å². The van der Waals surface area contributed by atoms with Crippen LogP contribution in [0.25, 0.3) is 0 Å². The van der Waals surface area contributed by atoms with Gasteiger partial charge < -0.3 is 10.4 Å². The highest BCUT2D eigenvalue weighted by Gasteiger charge is 2.39. The molecular weight excluding hydrogens is 237 g/mol. The van der Waals surface area contributed by atoms with Crippen LogP contribution < -0.4 is 5.32 Å². The molecule has 1 aromatic rings. The second kappa shape index (κ2) is 3.85. The first-order valence-electron chi connectivity index (χ1n) is 3.38. The van der Waals surface area contributed by atoms with Gasteiger partial charge in [-0.25, -0.2) is 4.79 Å². The van der Waals surface area contributed by atoms with E-state index in [0.717, 1.165) is 5.38 Å². The standard InChI is InChI=1S/C6H3F3N2O3S/c7-6(8,9)5(14)10-2-1-15-11-3(2)4(12)13/h1H,(H,10,14)(H,12,13). The number of halogens is 3. The number of carbonyl (C=O) groups excluding carboxylic acids is 1. The summed E-state index contributed by atoms with van der Waals surface area (Å²) in [6.07, 6.45) is -5.06. The van der Waals surface area contributed by atoms with Crippen LogP contribution in [0.3, 0.4) is 0 Å². The van der Waals surface area contributed by atoms with E-state index in [9.17, 15) is 22.8 Å². The Balaban J connectivity index is 2.86. The van der Waals surface area contributed by atoms with E-state index in [0.29, 0.717) is 11.5 Å². The summed E-state index contributed by atoms with van der Waals surface area (Å²) >= 11 is 0.634. The van der Waals surface area contributed by atoms with E-state index in [1.54, 1.807) is 0 Å². The molecule has 0 saturated carbocycles. The largest absolute Gasteiger partial charge is 0.476 e. The van der Waals surface area contributed by atoms with Crippen LogP contribution in [0.5, 0.6) is 0 Å². The summed E-state index contributed by atoms with van der Waals surface area (Å²) in [5.74, 6) is -3.74. The van der Waals surface area contributed by atoms with E-state index >= 15 is 0 Å². The van der Waals surface area contributed by atoms with Crippen molar-refractivity contribution in [3.63, 3.8) is 0 Å². The van der Waals surface area contributed by atoms with Crippen LogP contribution in [0.15, 0.2) is 5.38 Å². The molecule has 0 saturated heterocycles. The number of aromatic nitrogens is 1. The van der Waals surface area contributed by atoms with Crippen molar-refractivity contribution in [2.45, 2.75) is 6.18 Å². The Morgan fingerprint density at radius 1 is 1.47 bits per heavy atom. The van der Waals surface area contributed by atoms with Crippen LogP contribution in [-0.4, -0.2) is 27.5 Å². The van der Waals surface area contributed by atoms with Crippen molar-refractivity contribution in [1.29, 1.82) is 0 Å². The van der Waals surface area contributed by atoms with Gasteiger partial charge in [0.05, 0.1) is 5.69 Å². The zero-order valence-corrected chi connectivity index (χ0v) is 7.65. The predicted octanol–water partition coefficient (Wildman–Crippen LogP) is 1.34. The van der Waals surface area contributed by atoms with Gasteiger partial charge in [0, 0.05) is 5.38 Å². The molecule has 9 heteroatoms. The maximum absolute atomic E-state index is 11.8. The summed E-state index contributed by atoms with van der Waals surface area (Å²) in [5, 5.41) is 10.9. The van der Waals surface area contributed by atoms with E-state index in [2.05, 4.69) is 4.37 Å². The lowest BCUT2D eigenvalue weighted by molar-refractivity contribution is -0.167. The molecule has 0 aliphatic heterocycles. The third-order valence-electron chi connectivity index (χ3n) is 1.28. The Labute approximate surface area is 84.7 Å². The fraction of sp³-hybridized carbons (Fsp3) is 0.167. The van der Waals surface area contributed by atoms with Crippen LogP contribution in [0, 0.1) is 0 Å². The third-order valence-corrected chi connectivity index (χ3v) is 1.91. The number of nitrogens with zero attached hydrogens (tertiary/aromatic N) is 1. The van der Waals surface area contributed by atoms with E-state index in [1.807, 2.05) is 0 Å². The van der Waals surface area contributed by atoms with Gasteiger partial charge in [-0.1, -0.05) is 0 Å². The maximum atomic E-state index is 11.8. The predicted molar refractivity (Wildman–Crippen MR) is 43.8 cm³/mol. The van der Waals surface area contributed by atoms with Gasteiger partial charge in [0.15, 0.2) is 5.69 Å². The average molecular weight is 240 g/mol. The molecule has 0 aliphatic rings. The van der Waals surface area contributed by atoms with Crippen molar-refractivity contribution in [1.82, 2.24) is 4.37 Å². The SMILES string of the molecule is O=C(O)c1nscc1NC(=O)C(F)(F)F. The molecule has 1 rings (SSSR count). The molecule has 1 aromatic heterocycles. The molecule has 5 nitrogen and oxygen atoms in total. The number of nitrogens with one attached hydrogen (secondary N) is 1. The molecule has 82 valence electrons. The summed E-state index contributed by atoms with van der Waals surface area (Å²) in [7, 11) is 0. The number of aromatic carboxylic acids is 1. The number of anilines is 1. The molecule has 0 aliphatic carbocycles. The second-order valence-electron chi connectivity index (χ2n) is 2.33. The van der Waals surface area contributed by atoms with Crippen molar-refractivity contribution in [3.8, 4) is 0 Å². The van der Waals surface area contributed by atoms with Gasteiger partial charge in [0.25, 0.3) is 0 Å². The minimum atomic E-state index is -5.06. The Hall–Kier alpha value is -1.64. The van der Waals surface area contributed by atoms with Gasteiger partial charge in [0.2, 0.25) is 0 Å². The Kier molecular flexibility index (Phi) is 2.93. The Morgan fingerprint density at radius 3 is 2.53 bits per heavy atom. The van der Waals surface area contributed by atoms with Crippen LogP contribution in [0.2, 0.25) is 0 Å². The number of hydrogen-bond acceptors (Lipinski definition) is 4. The van der Waals surface area contributed by atoms with Crippen molar-refractivity contribution in [3.05, 3.63) is 11.1 Å². The van der Waals surface area contributed by atoms with Gasteiger partial charge in [-0.15, -0.1) is 0 Å². The normalized spacial score (nSPS) is 11.1. The molecule has 0 spiro atoms. The molecule has 1 heterocycles. The van der Waals surface area contributed by atoms with Gasteiger partial charge in [-0.05, 0) is 11.5 Å². The highest BCUT2D eigenvalue weighted by molar-refractivity contribution is 7.04. The van der Waals surface area contributed by atoms with Crippen molar-refractivity contribution < 1.29 is 27.9 Å². The number of carbonyl (C=O) groups is 2. The maximum Gasteiger partial charge on any atom is 0.471 e. The summed E-state index contributed by atoms with van der Waals surface area (Å²) in [6, 6.07) is 0. The molecule has 0 atom stereocenters. The molecule has 0 bridgehead atoms. The lowest BCUT2D eigenvalue weighted by Gasteiger charge is -2.05. The summed E-state index contributed by atoms with van der Waals surface area (Å²) in [6.45, 7) is 0. The number of rotatable bonds is 2. The molecule has 0 unspecified atom stereocenters. The quantitative estimate of drug-likeness (QED) is 0.817.